The number of halogens is 1. The summed E-state index contributed by atoms with van der Waals surface area (Å²) in [4.78, 5) is 12.2. The Hall–Kier alpha value is -1.86. The number of fused-ring (bicyclic) bond motifs is 1. The van der Waals surface area contributed by atoms with Crippen LogP contribution < -0.4 is 10.1 Å². The predicted molar refractivity (Wildman–Crippen MR) is 85.7 cm³/mol. The number of carbonyl (C=O) groups is 1. The second-order valence-corrected chi connectivity index (χ2v) is 6.68. The number of methoxy groups -OCH3 is 1. The van der Waals surface area contributed by atoms with Gasteiger partial charge in [0.25, 0.3) is 5.91 Å². The molecule has 3 rings (SSSR count). The van der Waals surface area contributed by atoms with Crippen molar-refractivity contribution in [3.8, 4) is 5.75 Å². The van der Waals surface area contributed by atoms with Gasteiger partial charge >= 0.3 is 7.12 Å². The lowest BCUT2D eigenvalue weighted by molar-refractivity contribution is -0.110. The summed E-state index contributed by atoms with van der Waals surface area (Å²) in [6.07, 6.45) is 0. The Morgan fingerprint density at radius 2 is 1.83 bits per heavy atom. The van der Waals surface area contributed by atoms with Crippen molar-refractivity contribution in [1.82, 2.24) is 0 Å². The Kier molecular flexibility index (Phi) is 3.53. The van der Waals surface area contributed by atoms with Gasteiger partial charge in [0.1, 0.15) is 11.5 Å². The molecule has 1 fully saturated rings. The van der Waals surface area contributed by atoms with Crippen molar-refractivity contribution in [3.63, 3.8) is 0 Å². The quantitative estimate of drug-likeness (QED) is 0.673. The van der Waals surface area contributed by atoms with E-state index in [4.69, 9.17) is 14.0 Å². The molecule has 1 aromatic rings. The van der Waals surface area contributed by atoms with Crippen LogP contribution in [0.1, 0.15) is 33.3 Å². The van der Waals surface area contributed by atoms with Crippen molar-refractivity contribution in [3.05, 3.63) is 29.5 Å². The third-order valence-corrected chi connectivity index (χ3v) is 4.67. The van der Waals surface area contributed by atoms with Crippen LogP contribution >= 0.6 is 0 Å². The summed E-state index contributed by atoms with van der Waals surface area (Å²) in [5, 5.41) is 2.64. The van der Waals surface area contributed by atoms with E-state index in [-0.39, 0.29) is 5.57 Å². The van der Waals surface area contributed by atoms with E-state index in [0.717, 1.165) is 0 Å². The zero-order valence-electron chi connectivity index (χ0n) is 13.8. The lowest BCUT2D eigenvalue weighted by Crippen LogP contribution is -2.41. The van der Waals surface area contributed by atoms with Gasteiger partial charge in [-0.15, -0.1) is 0 Å². The summed E-state index contributed by atoms with van der Waals surface area (Å²) in [6, 6.07) is 4.97. The van der Waals surface area contributed by atoms with Crippen LogP contribution in [-0.2, 0) is 14.1 Å². The maximum absolute atomic E-state index is 14.9. The number of carbonyl (C=O) groups excluding carboxylic acids is 1. The first-order valence-electron chi connectivity index (χ1n) is 7.41. The molecule has 2 aliphatic heterocycles. The number of amides is 1. The third kappa shape index (κ3) is 2.44. The highest BCUT2D eigenvalue weighted by Crippen LogP contribution is 2.42. The molecule has 122 valence electrons. The maximum Gasteiger partial charge on any atom is 0.526 e. The first-order valence-corrected chi connectivity index (χ1v) is 7.41. The van der Waals surface area contributed by atoms with Gasteiger partial charge in [-0.25, -0.2) is 4.39 Å². The van der Waals surface area contributed by atoms with Gasteiger partial charge < -0.3 is 19.4 Å². The van der Waals surface area contributed by atoms with E-state index in [1.807, 2.05) is 27.7 Å². The highest BCUT2D eigenvalue weighted by Gasteiger charge is 2.54. The lowest BCUT2D eigenvalue weighted by atomic mass is 9.83. The number of rotatable bonds is 2. The number of hydrogen-bond acceptors (Lipinski definition) is 4. The highest BCUT2D eigenvalue weighted by atomic mass is 19.1. The van der Waals surface area contributed by atoms with Crippen molar-refractivity contribution in [1.29, 1.82) is 0 Å². The van der Waals surface area contributed by atoms with Gasteiger partial charge in [-0.2, -0.15) is 0 Å². The van der Waals surface area contributed by atoms with Crippen molar-refractivity contribution < 1.29 is 23.2 Å². The van der Waals surface area contributed by atoms with Crippen molar-refractivity contribution >= 4 is 24.3 Å². The molecule has 0 spiro atoms. The number of benzene rings is 1. The summed E-state index contributed by atoms with van der Waals surface area (Å²) < 4.78 is 31.4. The Balaban J connectivity index is 2.02. The molecule has 0 atom stereocenters. The fraction of sp³-hybridized carbons (Fsp3) is 0.438. The molecular formula is C16H19BFNO4. The molecule has 1 saturated heterocycles. The Morgan fingerprint density at radius 1 is 1.22 bits per heavy atom. The molecular weight excluding hydrogens is 300 g/mol. The van der Waals surface area contributed by atoms with Crippen LogP contribution in [0, 0.1) is 0 Å². The van der Waals surface area contributed by atoms with Crippen LogP contribution in [0.3, 0.4) is 0 Å². The van der Waals surface area contributed by atoms with E-state index >= 15 is 0 Å². The summed E-state index contributed by atoms with van der Waals surface area (Å²) in [6.45, 7) is 7.33. The van der Waals surface area contributed by atoms with Crippen LogP contribution in [0.15, 0.2) is 23.9 Å². The molecule has 1 amide bonds. The molecule has 0 bridgehead atoms. The fourth-order valence-corrected chi connectivity index (χ4v) is 2.58. The Bertz CT molecular complexity index is 698. The third-order valence-electron chi connectivity index (χ3n) is 4.67. The molecule has 1 aromatic carbocycles. The standard InChI is InChI=1S/C16H19BFNO4/c1-15(2)16(3,4)23-17(22-15)13(18)12-10-7-6-9(21-5)8-11(10)19-14(12)20/h6-8H,1-5H3,(H,19,20). The van der Waals surface area contributed by atoms with E-state index in [1.54, 1.807) is 18.2 Å². The highest BCUT2D eigenvalue weighted by molar-refractivity contribution is 6.58. The smallest absolute Gasteiger partial charge is 0.497 e. The number of hydrogen-bond donors (Lipinski definition) is 1. The molecule has 5 nitrogen and oxygen atoms in total. The van der Waals surface area contributed by atoms with Crippen LogP contribution in [0.4, 0.5) is 10.1 Å². The van der Waals surface area contributed by atoms with Gasteiger partial charge in [-0.1, -0.05) is 0 Å². The van der Waals surface area contributed by atoms with E-state index in [9.17, 15) is 9.18 Å². The molecule has 7 heteroatoms. The minimum atomic E-state index is -1.20. The largest absolute Gasteiger partial charge is 0.526 e. The second kappa shape index (κ2) is 5.07. The van der Waals surface area contributed by atoms with Gasteiger partial charge in [0.05, 0.1) is 29.6 Å². The van der Waals surface area contributed by atoms with Gasteiger partial charge in [0.2, 0.25) is 0 Å². The van der Waals surface area contributed by atoms with Gasteiger partial charge in [-0.05, 0) is 39.8 Å². The molecule has 0 aliphatic carbocycles. The van der Waals surface area contributed by atoms with Crippen LogP contribution in [0.5, 0.6) is 5.75 Å². The number of nitrogens with one attached hydrogen (secondary N) is 1. The molecule has 0 saturated carbocycles. The topological polar surface area (TPSA) is 56.8 Å². The van der Waals surface area contributed by atoms with Crippen LogP contribution in [0.25, 0.3) is 5.57 Å². The van der Waals surface area contributed by atoms with Crippen LogP contribution in [0.2, 0.25) is 0 Å². The van der Waals surface area contributed by atoms with Crippen molar-refractivity contribution in [2.45, 2.75) is 38.9 Å². The van der Waals surface area contributed by atoms with E-state index in [0.29, 0.717) is 17.0 Å². The number of anilines is 1. The average molecular weight is 319 g/mol. The molecule has 0 aromatic heterocycles. The predicted octanol–water partition coefficient (Wildman–Crippen LogP) is 2.96. The first kappa shape index (κ1) is 16.0. The minimum Gasteiger partial charge on any atom is -0.497 e. The lowest BCUT2D eigenvalue weighted by Gasteiger charge is -2.32. The van der Waals surface area contributed by atoms with Gasteiger partial charge in [0.15, 0.2) is 0 Å². The Labute approximate surface area is 134 Å². The normalized spacial score (nSPS) is 23.6. The summed E-state index contributed by atoms with van der Waals surface area (Å²) in [5.41, 5.74) is -1.13. The summed E-state index contributed by atoms with van der Waals surface area (Å²) >= 11 is 0. The maximum atomic E-state index is 14.9. The van der Waals surface area contributed by atoms with Crippen LogP contribution in [-0.4, -0.2) is 31.3 Å². The Morgan fingerprint density at radius 3 is 2.39 bits per heavy atom. The van der Waals surface area contributed by atoms with E-state index in [1.165, 1.54) is 7.11 Å². The molecule has 0 radical (unpaired) electrons. The van der Waals surface area contributed by atoms with Crippen molar-refractivity contribution in [2.75, 3.05) is 12.4 Å². The van der Waals surface area contributed by atoms with E-state index in [2.05, 4.69) is 5.32 Å². The molecule has 1 N–H and O–H groups in total. The molecule has 23 heavy (non-hydrogen) atoms. The van der Waals surface area contributed by atoms with E-state index < -0.39 is 30.0 Å². The zero-order chi connectivity index (χ0) is 17.0. The number of ether oxygens (including phenoxy) is 1. The molecule has 0 unspecified atom stereocenters. The zero-order valence-corrected chi connectivity index (χ0v) is 13.8. The summed E-state index contributed by atoms with van der Waals surface area (Å²) in [5.74, 6) is 0.0711. The van der Waals surface area contributed by atoms with Crippen molar-refractivity contribution in [2.24, 2.45) is 0 Å². The summed E-state index contributed by atoms with van der Waals surface area (Å²) in [7, 11) is 0.328. The monoisotopic (exact) mass is 319 g/mol. The first-order chi connectivity index (χ1) is 10.7. The van der Waals surface area contributed by atoms with Gasteiger partial charge in [0, 0.05) is 11.6 Å². The molecule has 2 heterocycles. The molecule has 2 aliphatic rings. The SMILES string of the molecule is COc1ccc2c(c1)NC(=O)C2=C(F)B1OC(C)(C)C(C)(C)O1. The second-order valence-electron chi connectivity index (χ2n) is 6.68. The fourth-order valence-electron chi connectivity index (χ4n) is 2.58. The average Bonchev–Trinajstić information content (AvgIpc) is 2.90. The van der Waals surface area contributed by atoms with Gasteiger partial charge in [-0.3, -0.25) is 4.79 Å². The minimum absolute atomic E-state index is 0.0545.